The van der Waals surface area contributed by atoms with Gasteiger partial charge in [0.25, 0.3) is 0 Å². The Labute approximate surface area is 87.2 Å². The third-order valence-electron chi connectivity index (χ3n) is 2.77. The number of rotatable bonds is 6. The summed E-state index contributed by atoms with van der Waals surface area (Å²) in [6, 6.07) is 0.544. The summed E-state index contributed by atoms with van der Waals surface area (Å²) in [5.74, 6) is 0. The molecule has 0 aromatic rings. The van der Waals surface area contributed by atoms with Crippen molar-refractivity contribution in [2.24, 2.45) is 0 Å². The molecule has 1 fully saturated rings. The van der Waals surface area contributed by atoms with Gasteiger partial charge in [0.2, 0.25) is 0 Å². The first-order chi connectivity index (χ1) is 6.83. The molecule has 2 atom stereocenters. The van der Waals surface area contributed by atoms with Crippen LogP contribution < -0.4 is 5.32 Å². The molecular formula is C11H23NO2. The van der Waals surface area contributed by atoms with Gasteiger partial charge in [-0.25, -0.2) is 0 Å². The lowest BCUT2D eigenvalue weighted by Crippen LogP contribution is -2.26. The van der Waals surface area contributed by atoms with Gasteiger partial charge in [-0.3, -0.25) is 0 Å². The van der Waals surface area contributed by atoms with Gasteiger partial charge in [0.05, 0.1) is 12.7 Å². The molecule has 3 heteroatoms. The largest absolute Gasteiger partial charge is 0.379 e. The van der Waals surface area contributed by atoms with Crippen LogP contribution in [0.15, 0.2) is 0 Å². The van der Waals surface area contributed by atoms with Gasteiger partial charge in [0.1, 0.15) is 0 Å². The molecule has 0 spiro atoms. The Morgan fingerprint density at radius 3 is 3.00 bits per heavy atom. The predicted octanol–water partition coefficient (Wildman–Crippen LogP) is 1.57. The lowest BCUT2D eigenvalue weighted by Gasteiger charge is -2.22. The van der Waals surface area contributed by atoms with E-state index in [4.69, 9.17) is 9.47 Å². The van der Waals surface area contributed by atoms with Crippen LogP contribution in [0, 0.1) is 0 Å². The molecule has 0 aromatic heterocycles. The SMILES string of the molecule is CNC(C)CCOCC1CCCCO1. The van der Waals surface area contributed by atoms with E-state index in [1.165, 1.54) is 19.3 Å². The van der Waals surface area contributed by atoms with E-state index in [9.17, 15) is 0 Å². The summed E-state index contributed by atoms with van der Waals surface area (Å²) < 4.78 is 11.2. The highest BCUT2D eigenvalue weighted by molar-refractivity contribution is 4.63. The van der Waals surface area contributed by atoms with Crippen LogP contribution in [0.25, 0.3) is 0 Å². The van der Waals surface area contributed by atoms with Gasteiger partial charge in [0, 0.05) is 19.3 Å². The molecular weight excluding hydrogens is 178 g/mol. The van der Waals surface area contributed by atoms with Crippen LogP contribution in [-0.2, 0) is 9.47 Å². The van der Waals surface area contributed by atoms with Crippen molar-refractivity contribution in [2.75, 3.05) is 26.9 Å². The maximum atomic E-state index is 5.58. The molecule has 0 aliphatic carbocycles. The number of hydrogen-bond acceptors (Lipinski definition) is 3. The molecule has 0 bridgehead atoms. The lowest BCUT2D eigenvalue weighted by molar-refractivity contribution is -0.0416. The van der Waals surface area contributed by atoms with Crippen molar-refractivity contribution >= 4 is 0 Å². The molecule has 14 heavy (non-hydrogen) atoms. The van der Waals surface area contributed by atoms with Crippen molar-refractivity contribution in [1.82, 2.24) is 5.32 Å². The van der Waals surface area contributed by atoms with Gasteiger partial charge in [-0.1, -0.05) is 0 Å². The van der Waals surface area contributed by atoms with Crippen molar-refractivity contribution in [3.63, 3.8) is 0 Å². The van der Waals surface area contributed by atoms with Crippen LogP contribution in [0.2, 0.25) is 0 Å². The highest BCUT2D eigenvalue weighted by Gasteiger charge is 2.13. The molecule has 1 heterocycles. The van der Waals surface area contributed by atoms with E-state index in [1.807, 2.05) is 7.05 Å². The first-order valence-electron chi connectivity index (χ1n) is 5.69. The zero-order chi connectivity index (χ0) is 10.2. The number of ether oxygens (including phenoxy) is 2. The fourth-order valence-electron chi connectivity index (χ4n) is 1.56. The first-order valence-corrected chi connectivity index (χ1v) is 5.69. The quantitative estimate of drug-likeness (QED) is 0.662. The van der Waals surface area contributed by atoms with Gasteiger partial charge in [-0.05, 0) is 39.7 Å². The van der Waals surface area contributed by atoms with Crippen molar-refractivity contribution < 1.29 is 9.47 Å². The minimum Gasteiger partial charge on any atom is -0.379 e. The van der Waals surface area contributed by atoms with Crippen LogP contribution in [0.1, 0.15) is 32.6 Å². The Morgan fingerprint density at radius 1 is 1.50 bits per heavy atom. The number of hydrogen-bond donors (Lipinski definition) is 1. The average Bonchev–Trinajstić information content (AvgIpc) is 2.25. The van der Waals surface area contributed by atoms with Crippen molar-refractivity contribution in [2.45, 2.75) is 44.8 Å². The molecule has 2 unspecified atom stereocenters. The van der Waals surface area contributed by atoms with Gasteiger partial charge >= 0.3 is 0 Å². The van der Waals surface area contributed by atoms with Gasteiger partial charge < -0.3 is 14.8 Å². The summed E-state index contributed by atoms with van der Waals surface area (Å²) in [4.78, 5) is 0. The predicted molar refractivity (Wildman–Crippen MR) is 57.5 cm³/mol. The topological polar surface area (TPSA) is 30.5 Å². The summed E-state index contributed by atoms with van der Waals surface area (Å²) in [6.07, 6.45) is 5.10. The van der Waals surface area contributed by atoms with E-state index < -0.39 is 0 Å². The van der Waals surface area contributed by atoms with Crippen LogP contribution in [0.4, 0.5) is 0 Å². The average molecular weight is 201 g/mol. The molecule has 1 aliphatic rings. The molecule has 1 saturated heterocycles. The summed E-state index contributed by atoms with van der Waals surface area (Å²) in [5, 5.41) is 3.19. The maximum absolute atomic E-state index is 5.58. The highest BCUT2D eigenvalue weighted by Crippen LogP contribution is 2.12. The highest BCUT2D eigenvalue weighted by atomic mass is 16.5. The molecule has 84 valence electrons. The second-order valence-corrected chi connectivity index (χ2v) is 4.04. The second kappa shape index (κ2) is 7.21. The Kier molecular flexibility index (Phi) is 6.15. The molecule has 0 aromatic carbocycles. The fourth-order valence-corrected chi connectivity index (χ4v) is 1.56. The van der Waals surface area contributed by atoms with Crippen LogP contribution in [0.5, 0.6) is 0 Å². The lowest BCUT2D eigenvalue weighted by atomic mass is 10.1. The summed E-state index contributed by atoms with van der Waals surface area (Å²) in [6.45, 7) is 4.69. The molecule has 1 rings (SSSR count). The van der Waals surface area contributed by atoms with Crippen LogP contribution >= 0.6 is 0 Å². The molecule has 1 N–H and O–H groups in total. The Bertz CT molecular complexity index is 135. The summed E-state index contributed by atoms with van der Waals surface area (Å²) in [7, 11) is 1.98. The monoisotopic (exact) mass is 201 g/mol. The summed E-state index contributed by atoms with van der Waals surface area (Å²) >= 11 is 0. The maximum Gasteiger partial charge on any atom is 0.0808 e. The minimum absolute atomic E-state index is 0.355. The zero-order valence-corrected chi connectivity index (χ0v) is 9.42. The van der Waals surface area contributed by atoms with Crippen molar-refractivity contribution in [3.05, 3.63) is 0 Å². The third-order valence-corrected chi connectivity index (χ3v) is 2.77. The third kappa shape index (κ3) is 4.94. The van der Waals surface area contributed by atoms with E-state index in [2.05, 4.69) is 12.2 Å². The van der Waals surface area contributed by atoms with E-state index in [0.29, 0.717) is 12.1 Å². The van der Waals surface area contributed by atoms with Crippen LogP contribution in [-0.4, -0.2) is 39.0 Å². The normalized spacial score (nSPS) is 24.9. The fraction of sp³-hybridized carbons (Fsp3) is 1.00. The molecule has 3 nitrogen and oxygen atoms in total. The van der Waals surface area contributed by atoms with Gasteiger partial charge in [-0.15, -0.1) is 0 Å². The van der Waals surface area contributed by atoms with E-state index in [1.54, 1.807) is 0 Å². The Hall–Kier alpha value is -0.120. The van der Waals surface area contributed by atoms with Crippen molar-refractivity contribution in [1.29, 1.82) is 0 Å². The number of nitrogens with one attached hydrogen (secondary N) is 1. The Balaban J connectivity index is 1.92. The van der Waals surface area contributed by atoms with Gasteiger partial charge in [-0.2, -0.15) is 0 Å². The van der Waals surface area contributed by atoms with E-state index >= 15 is 0 Å². The standard InChI is InChI=1S/C11H23NO2/c1-10(12-2)6-8-13-9-11-5-3-4-7-14-11/h10-12H,3-9H2,1-2H3. The van der Waals surface area contributed by atoms with Crippen molar-refractivity contribution in [3.8, 4) is 0 Å². The molecule has 0 radical (unpaired) electrons. The minimum atomic E-state index is 0.355. The molecule has 0 saturated carbocycles. The molecule has 0 amide bonds. The summed E-state index contributed by atoms with van der Waals surface area (Å²) in [5.41, 5.74) is 0. The Morgan fingerprint density at radius 2 is 2.36 bits per heavy atom. The van der Waals surface area contributed by atoms with E-state index in [-0.39, 0.29) is 0 Å². The van der Waals surface area contributed by atoms with Gasteiger partial charge in [0.15, 0.2) is 0 Å². The second-order valence-electron chi connectivity index (χ2n) is 4.04. The molecule has 1 aliphatic heterocycles. The smallest absolute Gasteiger partial charge is 0.0808 e. The van der Waals surface area contributed by atoms with Crippen LogP contribution in [0.3, 0.4) is 0 Å². The zero-order valence-electron chi connectivity index (χ0n) is 9.42. The van der Waals surface area contributed by atoms with E-state index in [0.717, 1.165) is 26.2 Å². The first kappa shape index (κ1) is 12.0.